The monoisotopic (exact) mass is 3240 g/mol. The van der Waals surface area contributed by atoms with Crippen LogP contribution < -0.4 is 0 Å². The molecule has 0 aliphatic heterocycles. The molecule has 8 heteroatoms. The summed E-state index contributed by atoms with van der Waals surface area (Å²) in [7, 11) is 0. The fourth-order valence-electron chi connectivity index (χ4n) is 17.2. The minimum Gasteiger partial charge on any atom is -0.226 e. The molecule has 0 aliphatic carbocycles. The largest absolute Gasteiger partial charge is 2.00 e. The maximum absolute atomic E-state index is 3.50. The van der Waals surface area contributed by atoms with E-state index in [4.69, 9.17) is 0 Å². The van der Waals surface area contributed by atoms with Crippen molar-refractivity contribution in [2.45, 2.75) is 0 Å². The summed E-state index contributed by atoms with van der Waals surface area (Å²) in [5, 5.41) is 26.7. The van der Waals surface area contributed by atoms with Crippen molar-refractivity contribution in [3.63, 3.8) is 0 Å². The van der Waals surface area contributed by atoms with Crippen LogP contribution in [0.3, 0.4) is 0 Å². The Hall–Kier alpha value is -12.7. The van der Waals surface area contributed by atoms with Crippen molar-refractivity contribution < 1.29 is 169 Å². The van der Waals surface area contributed by atoms with Crippen LogP contribution in [0.1, 0.15) is 0 Å². The standard InChI is InChI=1S/4C20H12.3C16H10.C12H8.8W/c1-3-11-17-15(7-1)9-5-13-19(17)20-14-6-10-16-8-2-4-12-18(16)20;2*1-3-7-17-13-19(11-9-15(17)5-1)20-12-10-16-6-2-4-8-18(16)14-20;1-2-8-17-14-18(13-12-15(17)6-1)20-11-5-9-16-7-3-4-10-19(16)20;1-2-7-13(8-3-1)16-12-6-10-14-9-4-5-11-15(14)16;2*1-2-6-13(7-3-1)16-11-10-14-8-4-5-9-15(14)12-16;1-3-7-11(8-4-1)12-9-5-2-6-10-12;;;;;;;;/h1-12H;1-10,13-14H;1-12H;1-10,12-13H;1-7,9-11H;1-6,8-10,12H;1-6,8-11H;1-7,9H;;;;;;;;/q8*-2;8*+2. The van der Waals surface area contributed by atoms with E-state index < -0.39 is 0 Å². The number of hydrogen-bond acceptors (Lipinski definition) is 0. The molecule has 0 unspecified atom stereocenters. The smallest absolute Gasteiger partial charge is 0.226 e. The van der Waals surface area contributed by atoms with Crippen LogP contribution >= 0.6 is 0 Å². The molecule has 0 aliphatic rings. The van der Waals surface area contributed by atoms with E-state index in [-0.39, 0.29) is 169 Å². The van der Waals surface area contributed by atoms with Crippen molar-refractivity contribution in [2.75, 3.05) is 0 Å². The number of rotatable bonds is 8. The van der Waals surface area contributed by atoms with Crippen LogP contribution in [0.2, 0.25) is 0 Å². The van der Waals surface area contributed by atoms with Crippen LogP contribution in [0, 0.1) is 97.1 Å². The number of hydrogen-bond donors (Lipinski definition) is 0. The van der Waals surface area contributed by atoms with Crippen molar-refractivity contribution in [3.05, 3.63) is 619 Å². The third kappa shape index (κ3) is 29.1. The Bertz CT molecular complexity index is 8310. The zero-order valence-electron chi connectivity index (χ0n) is 79.9. The molecule has 0 bridgehead atoms. The summed E-state index contributed by atoms with van der Waals surface area (Å²) in [6.45, 7) is 0. The molecule has 0 radical (unpaired) electrons. The molecule has 0 N–H and O–H groups in total. The second kappa shape index (κ2) is 57.7. The summed E-state index contributed by atoms with van der Waals surface area (Å²) in [4.78, 5) is 0. The van der Waals surface area contributed by atoms with Crippen molar-refractivity contribution in [3.8, 4) is 89.0 Å². The molecule has 0 aromatic heterocycles. The Morgan fingerprint density at radius 1 is 0.108 bits per heavy atom. The van der Waals surface area contributed by atoms with Crippen LogP contribution in [0.25, 0.3) is 208 Å². The number of benzene rings is 27. The Labute approximate surface area is 983 Å². The van der Waals surface area contributed by atoms with Gasteiger partial charge in [0.05, 0.1) is 0 Å². The topological polar surface area (TPSA) is 0 Å². The summed E-state index contributed by atoms with van der Waals surface area (Å²) in [6.07, 6.45) is 0. The number of fused-ring (bicyclic) bond motifs is 11. The maximum Gasteiger partial charge on any atom is 2.00 e. The van der Waals surface area contributed by atoms with Crippen LogP contribution in [0.4, 0.5) is 0 Å². The molecule has 0 amide bonds. The molecular weight excluding hydrogens is 3150 g/mol. The molecule has 0 fully saturated rings. The first kappa shape index (κ1) is 114. The second-order valence-corrected chi connectivity index (χ2v) is 33.4. The molecule has 0 nitrogen and oxygen atoms in total. The summed E-state index contributed by atoms with van der Waals surface area (Å²) in [6, 6.07) is 231. The molecule has 27 rings (SSSR count). The second-order valence-electron chi connectivity index (χ2n) is 33.4. The van der Waals surface area contributed by atoms with Crippen LogP contribution in [-0.4, -0.2) is 0 Å². The third-order valence-corrected chi connectivity index (χ3v) is 24.3. The zero-order valence-corrected chi connectivity index (χ0v) is 103. The molecule has 148 heavy (non-hydrogen) atoms. The van der Waals surface area contributed by atoms with Gasteiger partial charge < -0.3 is 0 Å². The maximum atomic E-state index is 3.50. The van der Waals surface area contributed by atoms with Gasteiger partial charge in [-0.05, 0) is 0 Å². The van der Waals surface area contributed by atoms with E-state index in [1.807, 2.05) is 176 Å². The summed E-state index contributed by atoms with van der Waals surface area (Å²) in [5.41, 5.74) is 17.6. The fourth-order valence-corrected chi connectivity index (χ4v) is 17.2. The van der Waals surface area contributed by atoms with Crippen LogP contribution in [0.15, 0.2) is 522 Å². The van der Waals surface area contributed by atoms with Crippen molar-refractivity contribution in [1.82, 2.24) is 0 Å². The van der Waals surface area contributed by atoms with Crippen molar-refractivity contribution in [2.24, 2.45) is 0 Å². The Kier molecular flexibility index (Phi) is 44.5. The van der Waals surface area contributed by atoms with E-state index in [9.17, 15) is 0 Å². The van der Waals surface area contributed by atoms with E-state index in [2.05, 4.69) is 443 Å². The van der Waals surface area contributed by atoms with Gasteiger partial charge in [0, 0.05) is 0 Å². The first-order valence-corrected chi connectivity index (χ1v) is 46.7. The third-order valence-electron chi connectivity index (χ3n) is 24.3. The molecular formula is C140H86W8. The summed E-state index contributed by atoms with van der Waals surface area (Å²) < 4.78 is 0. The van der Waals surface area contributed by atoms with E-state index in [0.717, 1.165) is 111 Å². The van der Waals surface area contributed by atoms with Gasteiger partial charge in [-0.1, -0.05) is 240 Å². The van der Waals surface area contributed by atoms with Gasteiger partial charge in [-0.2, -0.15) is 277 Å². The normalized spacial score (nSPS) is 10.1. The molecule has 0 heterocycles. The Morgan fingerprint density at radius 3 is 0.608 bits per heavy atom. The van der Waals surface area contributed by atoms with Crippen LogP contribution in [0.5, 0.6) is 0 Å². The van der Waals surface area contributed by atoms with Gasteiger partial charge in [0.2, 0.25) is 0 Å². The zero-order chi connectivity index (χ0) is 94.1. The summed E-state index contributed by atoms with van der Waals surface area (Å²) >= 11 is 0. The summed E-state index contributed by atoms with van der Waals surface area (Å²) in [5.74, 6) is 0. The SMILES string of the molecule is [W+2].[W+2].[W+2].[W+2].[W+2].[W+2].[W+2].[W+2].[c-]1c(-c2[c-]c3ccccc3cc2)ccc2ccccc12.[c-]1cc2ccccc2cc1-c1[c-]cc2ccccc2c1.[c-]1ccc2ccccc2c1-c1[c-]c2ccccc2cc1.[c-]1ccc2ccccc2c1-c1[c-]ccc2ccccc12.[c-]1ccccc1-c1[c-]c2ccccc2cc1.[c-]1ccccc1-c1[c-]cc2ccccc2c1.[c-]1ccccc1-c1[c-]ccc2ccccc12.[c-]1ccccc1-c1[c-]cccc1. The van der Waals surface area contributed by atoms with Gasteiger partial charge in [0.25, 0.3) is 0 Å². The van der Waals surface area contributed by atoms with Gasteiger partial charge in [-0.25, -0.2) is 66.8 Å². The minimum absolute atomic E-state index is 0. The average Bonchev–Trinajstić information content (AvgIpc) is 0.781. The Balaban J connectivity index is 0.000000150. The first-order valence-electron chi connectivity index (χ1n) is 46.7. The van der Waals surface area contributed by atoms with E-state index in [0.29, 0.717) is 0 Å². The molecule has 27 aromatic rings. The molecule has 694 valence electrons. The Morgan fingerprint density at radius 2 is 0.311 bits per heavy atom. The van der Waals surface area contributed by atoms with Crippen molar-refractivity contribution in [1.29, 1.82) is 0 Å². The molecule has 27 aromatic carbocycles. The quantitative estimate of drug-likeness (QED) is 0.133. The van der Waals surface area contributed by atoms with E-state index in [1.165, 1.54) is 97.0 Å². The predicted molar refractivity (Wildman–Crippen MR) is 589 cm³/mol. The molecule has 0 saturated heterocycles. The average molecular weight is 3240 g/mol. The van der Waals surface area contributed by atoms with Gasteiger partial charge in [-0.3, -0.25) is 0 Å². The molecule has 0 saturated carbocycles. The fraction of sp³-hybridized carbons (Fsp3) is 0. The van der Waals surface area contributed by atoms with Gasteiger partial charge in [0.15, 0.2) is 0 Å². The molecule has 0 atom stereocenters. The van der Waals surface area contributed by atoms with Gasteiger partial charge in [0.1, 0.15) is 0 Å². The minimum atomic E-state index is 0. The predicted octanol–water partition coefficient (Wildman–Crippen LogP) is 36.3. The van der Waals surface area contributed by atoms with Gasteiger partial charge in [-0.15, -0.1) is 243 Å². The van der Waals surface area contributed by atoms with E-state index >= 15 is 0 Å². The van der Waals surface area contributed by atoms with E-state index in [1.54, 1.807) is 0 Å². The van der Waals surface area contributed by atoms with Crippen molar-refractivity contribution >= 4 is 118 Å². The first-order chi connectivity index (χ1) is 69.4. The van der Waals surface area contributed by atoms with Gasteiger partial charge >= 0.3 is 169 Å². The van der Waals surface area contributed by atoms with Crippen LogP contribution in [-0.2, 0) is 169 Å². The molecule has 0 spiro atoms.